The Labute approximate surface area is 197 Å². The zero-order valence-corrected chi connectivity index (χ0v) is 19.4. The minimum absolute atomic E-state index is 0.314. The Balaban J connectivity index is 1.55. The molecular formula is C28H24N2O2S. The number of carbonyl (C=O) groups is 1. The third kappa shape index (κ3) is 4.24. The lowest BCUT2D eigenvalue weighted by atomic mass is 10.0. The van der Waals surface area contributed by atoms with Crippen molar-refractivity contribution >= 4 is 39.5 Å². The lowest BCUT2D eigenvalue weighted by Gasteiger charge is -2.12. The maximum Gasteiger partial charge on any atom is 0.338 e. The molecule has 5 aromatic rings. The first-order valence-corrected chi connectivity index (χ1v) is 11.8. The number of carbonyl (C=O) groups excluding carboxylic acids is 1. The van der Waals surface area contributed by atoms with Gasteiger partial charge in [-0.15, -0.1) is 0 Å². The average molecular weight is 453 g/mol. The maximum absolute atomic E-state index is 12.2. The predicted molar refractivity (Wildman–Crippen MR) is 135 cm³/mol. The number of benzene rings is 4. The second-order valence-corrected chi connectivity index (χ2v) is 8.99. The fourth-order valence-electron chi connectivity index (χ4n) is 4.17. The van der Waals surface area contributed by atoms with E-state index in [9.17, 15) is 4.79 Å². The molecule has 0 saturated carbocycles. The molecule has 0 saturated heterocycles. The van der Waals surface area contributed by atoms with E-state index in [4.69, 9.17) is 9.72 Å². The first-order valence-electron chi connectivity index (χ1n) is 10.9. The van der Waals surface area contributed by atoms with Crippen LogP contribution in [0.2, 0.25) is 0 Å². The van der Waals surface area contributed by atoms with Crippen molar-refractivity contribution in [2.75, 3.05) is 7.11 Å². The van der Waals surface area contributed by atoms with Gasteiger partial charge < -0.3 is 9.30 Å². The largest absolute Gasteiger partial charge is 0.465 e. The number of thioether (sulfide) groups is 1. The first-order chi connectivity index (χ1) is 16.1. The van der Waals surface area contributed by atoms with Gasteiger partial charge >= 0.3 is 5.97 Å². The van der Waals surface area contributed by atoms with Gasteiger partial charge in [0.05, 0.1) is 30.3 Å². The second kappa shape index (κ2) is 9.12. The molecule has 4 nitrogen and oxygen atoms in total. The van der Waals surface area contributed by atoms with Crippen LogP contribution in [-0.4, -0.2) is 22.6 Å². The van der Waals surface area contributed by atoms with Gasteiger partial charge in [-0.25, -0.2) is 9.78 Å². The summed E-state index contributed by atoms with van der Waals surface area (Å²) in [4.78, 5) is 17.2. The molecule has 0 fully saturated rings. The molecule has 33 heavy (non-hydrogen) atoms. The molecule has 4 aromatic carbocycles. The Hall–Kier alpha value is -3.57. The highest BCUT2D eigenvalue weighted by atomic mass is 32.2. The zero-order chi connectivity index (χ0) is 22.8. The molecule has 1 aromatic heterocycles. The number of fused-ring (bicyclic) bond motifs is 2. The van der Waals surface area contributed by atoms with Gasteiger partial charge in [0.15, 0.2) is 5.16 Å². The van der Waals surface area contributed by atoms with Crippen LogP contribution in [0.5, 0.6) is 0 Å². The van der Waals surface area contributed by atoms with E-state index in [2.05, 4.69) is 72.2 Å². The summed E-state index contributed by atoms with van der Waals surface area (Å²) in [5, 5.41) is 3.42. The zero-order valence-electron chi connectivity index (χ0n) is 18.6. The molecule has 0 amide bonds. The van der Waals surface area contributed by atoms with Crippen LogP contribution in [0.3, 0.4) is 0 Å². The number of esters is 1. The van der Waals surface area contributed by atoms with Gasteiger partial charge in [-0.2, -0.15) is 0 Å². The smallest absolute Gasteiger partial charge is 0.338 e. The lowest BCUT2D eigenvalue weighted by molar-refractivity contribution is 0.0600. The number of methoxy groups -OCH3 is 1. The topological polar surface area (TPSA) is 44.1 Å². The molecule has 0 bridgehead atoms. The highest BCUT2D eigenvalue weighted by Crippen LogP contribution is 2.30. The third-order valence-corrected chi connectivity index (χ3v) is 6.88. The van der Waals surface area contributed by atoms with Crippen LogP contribution >= 0.6 is 11.8 Å². The van der Waals surface area contributed by atoms with Crippen molar-refractivity contribution in [1.29, 1.82) is 0 Å². The van der Waals surface area contributed by atoms with Gasteiger partial charge in [-0.05, 0) is 52.6 Å². The van der Waals surface area contributed by atoms with E-state index in [1.807, 2.05) is 24.3 Å². The number of aromatic nitrogens is 2. The summed E-state index contributed by atoms with van der Waals surface area (Å²) >= 11 is 1.64. The summed E-state index contributed by atoms with van der Waals surface area (Å²) in [7, 11) is 1.41. The van der Waals surface area contributed by atoms with Crippen molar-refractivity contribution < 1.29 is 9.53 Å². The van der Waals surface area contributed by atoms with Crippen molar-refractivity contribution in [3.63, 3.8) is 0 Å². The summed E-state index contributed by atoms with van der Waals surface area (Å²) < 4.78 is 7.25. The van der Waals surface area contributed by atoms with Gasteiger partial charge in [-0.1, -0.05) is 78.5 Å². The minimum atomic E-state index is -0.314. The van der Waals surface area contributed by atoms with Gasteiger partial charge in [0.25, 0.3) is 0 Å². The maximum atomic E-state index is 12.2. The van der Waals surface area contributed by atoms with Crippen LogP contribution in [0.15, 0.2) is 90.1 Å². The molecule has 1 heterocycles. The number of hydrogen-bond donors (Lipinski definition) is 0. The lowest BCUT2D eigenvalue weighted by Crippen LogP contribution is -2.06. The molecule has 0 unspecified atom stereocenters. The van der Waals surface area contributed by atoms with E-state index in [0.29, 0.717) is 11.3 Å². The molecule has 0 aliphatic rings. The molecule has 0 spiro atoms. The van der Waals surface area contributed by atoms with Gasteiger partial charge in [0, 0.05) is 5.75 Å². The molecule has 0 radical (unpaired) electrons. The summed E-state index contributed by atoms with van der Waals surface area (Å²) in [6.07, 6.45) is 0. The molecule has 5 heteroatoms. The monoisotopic (exact) mass is 452 g/mol. The summed E-state index contributed by atoms with van der Waals surface area (Å²) in [5.74, 6) is 0.314. The van der Waals surface area contributed by atoms with Crippen molar-refractivity contribution in [2.45, 2.75) is 24.4 Å². The fraction of sp³-hybridized carbons (Fsp3) is 0.143. The predicted octanol–water partition coefficient (Wildman–Crippen LogP) is 6.63. The Morgan fingerprint density at radius 1 is 0.939 bits per heavy atom. The first kappa shape index (κ1) is 21.3. The SMILES string of the molecule is COC(=O)c1ccccc1CSc1nc2ccc(C)cc2n1Cc1cccc2ccccc12. The van der Waals surface area contributed by atoms with Crippen LogP contribution in [0.4, 0.5) is 0 Å². The average Bonchev–Trinajstić information content (AvgIpc) is 3.19. The Morgan fingerprint density at radius 2 is 1.70 bits per heavy atom. The van der Waals surface area contributed by atoms with Gasteiger partial charge in [0.2, 0.25) is 0 Å². The molecule has 164 valence electrons. The highest BCUT2D eigenvalue weighted by Gasteiger charge is 2.16. The van der Waals surface area contributed by atoms with Crippen LogP contribution in [0.1, 0.15) is 27.0 Å². The molecule has 5 rings (SSSR count). The summed E-state index contributed by atoms with van der Waals surface area (Å²) in [6.45, 7) is 2.83. The minimum Gasteiger partial charge on any atom is -0.465 e. The third-order valence-electron chi connectivity index (χ3n) is 5.86. The number of hydrogen-bond acceptors (Lipinski definition) is 4. The van der Waals surface area contributed by atoms with Crippen LogP contribution < -0.4 is 0 Å². The van der Waals surface area contributed by atoms with Gasteiger partial charge in [-0.3, -0.25) is 0 Å². The number of imidazole rings is 1. The molecule has 0 N–H and O–H groups in total. The van der Waals surface area contributed by atoms with Gasteiger partial charge in [0.1, 0.15) is 0 Å². The van der Waals surface area contributed by atoms with E-state index in [0.717, 1.165) is 28.3 Å². The van der Waals surface area contributed by atoms with E-state index in [1.165, 1.54) is 29.0 Å². The van der Waals surface area contributed by atoms with E-state index in [-0.39, 0.29) is 5.97 Å². The number of ether oxygens (including phenoxy) is 1. The number of rotatable bonds is 6. The highest BCUT2D eigenvalue weighted by molar-refractivity contribution is 7.98. The van der Waals surface area contributed by atoms with Crippen molar-refractivity contribution in [1.82, 2.24) is 9.55 Å². The van der Waals surface area contributed by atoms with E-state index >= 15 is 0 Å². The Morgan fingerprint density at radius 3 is 2.58 bits per heavy atom. The molecule has 0 atom stereocenters. The molecule has 0 aliphatic carbocycles. The van der Waals surface area contributed by atoms with E-state index < -0.39 is 0 Å². The number of aryl methyl sites for hydroxylation is 1. The van der Waals surface area contributed by atoms with Crippen molar-refractivity contribution in [3.05, 3.63) is 107 Å². The van der Waals surface area contributed by atoms with Crippen molar-refractivity contribution in [3.8, 4) is 0 Å². The standard InChI is InChI=1S/C28H24N2O2S/c1-19-14-15-25-26(16-19)30(17-21-11-7-10-20-8-3-5-12-23(20)21)28(29-25)33-18-22-9-4-6-13-24(22)27(31)32-2/h3-16H,17-18H2,1-2H3. The van der Waals surface area contributed by atoms with E-state index in [1.54, 1.807) is 11.8 Å². The molecule has 0 aliphatic heterocycles. The quantitative estimate of drug-likeness (QED) is 0.214. The number of nitrogens with zero attached hydrogens (tertiary/aromatic N) is 2. The van der Waals surface area contributed by atoms with Crippen LogP contribution in [-0.2, 0) is 17.0 Å². The van der Waals surface area contributed by atoms with Crippen molar-refractivity contribution in [2.24, 2.45) is 0 Å². The second-order valence-electron chi connectivity index (χ2n) is 8.05. The Kier molecular flexibility index (Phi) is 5.88. The Bertz CT molecular complexity index is 1470. The molecular weight excluding hydrogens is 428 g/mol. The summed E-state index contributed by atoms with van der Waals surface area (Å²) in [5.41, 5.74) is 6.09. The van der Waals surface area contributed by atoms with Crippen LogP contribution in [0, 0.1) is 6.92 Å². The summed E-state index contributed by atoms with van der Waals surface area (Å²) in [6, 6.07) is 28.9. The normalized spacial score (nSPS) is 11.2. The van der Waals surface area contributed by atoms with Crippen LogP contribution in [0.25, 0.3) is 21.8 Å². The fourth-order valence-corrected chi connectivity index (χ4v) is 5.19.